The molecule has 0 aliphatic heterocycles. The zero-order chi connectivity index (χ0) is 12.6. The minimum absolute atomic E-state index is 0.368. The lowest BCUT2D eigenvalue weighted by molar-refractivity contribution is -0.121. The number of carbonyl (C=O) groups excluding carboxylic acids is 1. The highest BCUT2D eigenvalue weighted by Crippen LogP contribution is 2.15. The van der Waals surface area contributed by atoms with Crippen LogP contribution >= 0.6 is 15.9 Å². The number of anilines is 1. The van der Waals surface area contributed by atoms with Gasteiger partial charge in [-0.2, -0.15) is 4.98 Å². The summed E-state index contributed by atoms with van der Waals surface area (Å²) in [5, 5.41) is 7.09. The maximum absolute atomic E-state index is 11.2. The highest BCUT2D eigenvalue weighted by molar-refractivity contribution is 9.10. The molecule has 2 aromatic heterocycles. The van der Waals surface area contributed by atoms with Gasteiger partial charge in [-0.25, -0.2) is 4.52 Å². The standard InChI is InChI=1S/C10H12BrN5O/c1-10(2,8(12)17)14-9-13-7-4-3-6(11)5-16(7)15-9/h3-5H,1-2H3,(H2,12,17)(H,14,15). The number of halogens is 1. The van der Waals surface area contributed by atoms with Crippen LogP contribution in [0.25, 0.3) is 5.65 Å². The number of nitrogens with one attached hydrogen (secondary N) is 1. The third-order valence-electron chi connectivity index (χ3n) is 2.34. The van der Waals surface area contributed by atoms with Crippen molar-refractivity contribution >= 4 is 33.4 Å². The van der Waals surface area contributed by atoms with Gasteiger partial charge in [0.05, 0.1) is 0 Å². The van der Waals surface area contributed by atoms with Crippen molar-refractivity contribution in [2.75, 3.05) is 5.32 Å². The van der Waals surface area contributed by atoms with Crippen molar-refractivity contribution < 1.29 is 4.79 Å². The van der Waals surface area contributed by atoms with Crippen LogP contribution in [0.4, 0.5) is 5.95 Å². The maximum atomic E-state index is 11.2. The summed E-state index contributed by atoms with van der Waals surface area (Å²) in [6.07, 6.45) is 1.78. The van der Waals surface area contributed by atoms with E-state index in [1.54, 1.807) is 24.6 Å². The van der Waals surface area contributed by atoms with Gasteiger partial charge in [-0.15, -0.1) is 5.10 Å². The molecule has 2 aromatic rings. The smallest absolute Gasteiger partial charge is 0.243 e. The van der Waals surface area contributed by atoms with Crippen LogP contribution in [0, 0.1) is 0 Å². The molecule has 0 aliphatic rings. The number of amides is 1. The summed E-state index contributed by atoms with van der Waals surface area (Å²) in [6.45, 7) is 3.36. The summed E-state index contributed by atoms with van der Waals surface area (Å²) in [6, 6.07) is 3.69. The Labute approximate surface area is 106 Å². The average Bonchev–Trinajstić information content (AvgIpc) is 2.57. The molecule has 0 spiro atoms. The van der Waals surface area contributed by atoms with Crippen molar-refractivity contribution in [1.82, 2.24) is 14.6 Å². The molecule has 0 radical (unpaired) electrons. The van der Waals surface area contributed by atoms with Gasteiger partial charge in [-0.1, -0.05) is 0 Å². The first kappa shape index (κ1) is 11.8. The first-order chi connectivity index (χ1) is 7.88. The molecule has 2 rings (SSSR count). The number of fused-ring (bicyclic) bond motifs is 1. The van der Waals surface area contributed by atoms with E-state index in [1.807, 2.05) is 12.1 Å². The Bertz CT molecular complexity index is 577. The van der Waals surface area contributed by atoms with E-state index in [0.717, 1.165) is 4.47 Å². The molecule has 0 fully saturated rings. The Morgan fingerprint density at radius 1 is 1.53 bits per heavy atom. The van der Waals surface area contributed by atoms with E-state index >= 15 is 0 Å². The molecule has 0 aliphatic carbocycles. The second kappa shape index (κ2) is 3.99. The molecular weight excluding hydrogens is 286 g/mol. The van der Waals surface area contributed by atoms with Gasteiger partial charge in [0.15, 0.2) is 5.65 Å². The van der Waals surface area contributed by atoms with Crippen molar-refractivity contribution in [3.63, 3.8) is 0 Å². The molecule has 7 heteroatoms. The van der Waals surface area contributed by atoms with Crippen LogP contribution in [0.15, 0.2) is 22.8 Å². The predicted octanol–water partition coefficient (Wildman–Crippen LogP) is 1.17. The number of rotatable bonds is 3. The Morgan fingerprint density at radius 2 is 2.24 bits per heavy atom. The van der Waals surface area contributed by atoms with E-state index in [2.05, 4.69) is 31.3 Å². The maximum Gasteiger partial charge on any atom is 0.243 e. The quantitative estimate of drug-likeness (QED) is 0.890. The zero-order valence-electron chi connectivity index (χ0n) is 9.44. The van der Waals surface area contributed by atoms with Gasteiger partial charge in [-0.3, -0.25) is 4.79 Å². The topological polar surface area (TPSA) is 85.3 Å². The molecule has 90 valence electrons. The van der Waals surface area contributed by atoms with Crippen LogP contribution in [0.5, 0.6) is 0 Å². The first-order valence-electron chi connectivity index (χ1n) is 4.98. The molecule has 1 amide bonds. The van der Waals surface area contributed by atoms with Crippen molar-refractivity contribution in [2.24, 2.45) is 5.73 Å². The number of nitrogens with two attached hydrogens (primary N) is 1. The second-order valence-corrected chi connectivity index (χ2v) is 5.12. The van der Waals surface area contributed by atoms with Crippen molar-refractivity contribution in [3.05, 3.63) is 22.8 Å². The monoisotopic (exact) mass is 297 g/mol. The molecule has 3 N–H and O–H groups in total. The van der Waals surface area contributed by atoms with Gasteiger partial charge in [0, 0.05) is 10.7 Å². The molecule has 0 atom stereocenters. The highest BCUT2D eigenvalue weighted by Gasteiger charge is 2.26. The van der Waals surface area contributed by atoms with E-state index in [1.165, 1.54) is 0 Å². The third kappa shape index (κ3) is 2.38. The Kier molecular flexibility index (Phi) is 2.78. The molecule has 0 saturated heterocycles. The Hall–Kier alpha value is -1.63. The average molecular weight is 298 g/mol. The number of hydrogen-bond donors (Lipinski definition) is 2. The lowest BCUT2D eigenvalue weighted by atomic mass is 10.1. The molecule has 0 saturated carbocycles. The SMILES string of the molecule is CC(C)(Nc1nc2ccc(Br)cn2n1)C(N)=O. The lowest BCUT2D eigenvalue weighted by Crippen LogP contribution is -2.45. The molecular formula is C10H12BrN5O. The molecule has 17 heavy (non-hydrogen) atoms. The molecule has 0 unspecified atom stereocenters. The van der Waals surface area contributed by atoms with Crippen LogP contribution < -0.4 is 11.1 Å². The number of aromatic nitrogens is 3. The number of nitrogens with zero attached hydrogens (tertiary/aromatic N) is 3. The number of hydrogen-bond acceptors (Lipinski definition) is 4. The van der Waals surface area contributed by atoms with E-state index < -0.39 is 11.4 Å². The van der Waals surface area contributed by atoms with Gasteiger partial charge in [-0.05, 0) is 41.9 Å². The third-order valence-corrected chi connectivity index (χ3v) is 2.80. The highest BCUT2D eigenvalue weighted by atomic mass is 79.9. The minimum atomic E-state index is -0.887. The van der Waals surface area contributed by atoms with Crippen molar-refractivity contribution in [3.8, 4) is 0 Å². The van der Waals surface area contributed by atoms with Crippen molar-refractivity contribution in [1.29, 1.82) is 0 Å². The van der Waals surface area contributed by atoms with Crippen LogP contribution in [0.3, 0.4) is 0 Å². The van der Waals surface area contributed by atoms with Crippen LogP contribution in [0.1, 0.15) is 13.8 Å². The molecule has 6 nitrogen and oxygen atoms in total. The summed E-state index contributed by atoms with van der Waals surface area (Å²) in [7, 11) is 0. The molecule has 2 heterocycles. The zero-order valence-corrected chi connectivity index (χ0v) is 11.0. The minimum Gasteiger partial charge on any atom is -0.368 e. The fourth-order valence-electron chi connectivity index (χ4n) is 1.25. The fourth-order valence-corrected chi connectivity index (χ4v) is 1.58. The summed E-state index contributed by atoms with van der Waals surface area (Å²) in [5.41, 5.74) is 5.07. The summed E-state index contributed by atoms with van der Waals surface area (Å²) in [5.74, 6) is -0.0931. The largest absolute Gasteiger partial charge is 0.368 e. The number of primary amides is 1. The van der Waals surface area contributed by atoms with E-state index in [0.29, 0.717) is 11.6 Å². The predicted molar refractivity (Wildman–Crippen MR) is 67.6 cm³/mol. The first-order valence-corrected chi connectivity index (χ1v) is 5.78. The Morgan fingerprint density at radius 3 is 2.88 bits per heavy atom. The number of carbonyl (C=O) groups is 1. The number of pyridine rings is 1. The lowest BCUT2D eigenvalue weighted by Gasteiger charge is -2.20. The Balaban J connectivity index is 2.34. The summed E-state index contributed by atoms with van der Waals surface area (Å²) < 4.78 is 2.51. The summed E-state index contributed by atoms with van der Waals surface area (Å²) >= 11 is 3.34. The van der Waals surface area contributed by atoms with Crippen LogP contribution in [0.2, 0.25) is 0 Å². The normalized spacial score (nSPS) is 11.7. The van der Waals surface area contributed by atoms with Crippen LogP contribution in [-0.2, 0) is 4.79 Å². The van der Waals surface area contributed by atoms with Gasteiger partial charge < -0.3 is 11.1 Å². The molecule has 0 bridgehead atoms. The van der Waals surface area contributed by atoms with Gasteiger partial charge in [0.25, 0.3) is 0 Å². The molecule has 0 aromatic carbocycles. The van der Waals surface area contributed by atoms with Gasteiger partial charge in [0.2, 0.25) is 11.9 Å². The fraction of sp³-hybridized carbons (Fsp3) is 0.300. The van der Waals surface area contributed by atoms with E-state index in [9.17, 15) is 4.79 Å². The van der Waals surface area contributed by atoms with E-state index in [-0.39, 0.29) is 0 Å². The summed E-state index contributed by atoms with van der Waals surface area (Å²) in [4.78, 5) is 15.4. The van der Waals surface area contributed by atoms with E-state index in [4.69, 9.17) is 5.73 Å². The van der Waals surface area contributed by atoms with Gasteiger partial charge in [0.1, 0.15) is 5.54 Å². The van der Waals surface area contributed by atoms with Gasteiger partial charge >= 0.3 is 0 Å². The van der Waals surface area contributed by atoms with Crippen LogP contribution in [-0.4, -0.2) is 26.0 Å². The van der Waals surface area contributed by atoms with Crippen molar-refractivity contribution in [2.45, 2.75) is 19.4 Å². The second-order valence-electron chi connectivity index (χ2n) is 4.20.